The summed E-state index contributed by atoms with van der Waals surface area (Å²) in [5.74, 6) is 2.25. The predicted octanol–water partition coefficient (Wildman–Crippen LogP) is 2.18. The van der Waals surface area contributed by atoms with Crippen LogP contribution in [0, 0.1) is 0 Å². The Labute approximate surface area is 90.1 Å². The van der Waals surface area contributed by atoms with E-state index in [0.29, 0.717) is 5.92 Å². The van der Waals surface area contributed by atoms with Crippen molar-refractivity contribution in [2.75, 3.05) is 19.0 Å². The number of rotatable bonds is 5. The van der Waals surface area contributed by atoms with E-state index in [1.165, 1.54) is 12.8 Å². The monoisotopic (exact) mass is 207 g/mol. The van der Waals surface area contributed by atoms with Crippen LogP contribution in [0.15, 0.2) is 6.33 Å². The maximum absolute atomic E-state index is 5.39. The van der Waals surface area contributed by atoms with Crippen LogP contribution in [-0.2, 0) is 0 Å². The molecule has 1 N–H and O–H groups in total. The molecule has 82 valence electrons. The second kappa shape index (κ2) is 4.47. The van der Waals surface area contributed by atoms with E-state index in [4.69, 9.17) is 4.74 Å². The first-order valence-electron chi connectivity index (χ1n) is 5.49. The molecule has 0 amide bonds. The third kappa shape index (κ3) is 2.19. The van der Waals surface area contributed by atoms with Gasteiger partial charge < -0.3 is 10.1 Å². The highest BCUT2D eigenvalue weighted by Gasteiger charge is 2.29. The van der Waals surface area contributed by atoms with Crippen molar-refractivity contribution < 1.29 is 4.74 Å². The molecule has 1 saturated carbocycles. The summed E-state index contributed by atoms with van der Waals surface area (Å²) >= 11 is 0. The highest BCUT2D eigenvalue weighted by Crippen LogP contribution is 2.44. The average Bonchev–Trinajstić information content (AvgIpc) is 3.09. The molecule has 1 heterocycles. The molecule has 0 unspecified atom stereocenters. The van der Waals surface area contributed by atoms with Gasteiger partial charge in [0.15, 0.2) is 11.6 Å². The van der Waals surface area contributed by atoms with Crippen molar-refractivity contribution in [1.82, 2.24) is 9.97 Å². The van der Waals surface area contributed by atoms with E-state index in [9.17, 15) is 0 Å². The number of methoxy groups -OCH3 is 1. The average molecular weight is 207 g/mol. The van der Waals surface area contributed by atoms with E-state index in [0.717, 1.165) is 30.2 Å². The van der Waals surface area contributed by atoms with Gasteiger partial charge in [-0.25, -0.2) is 9.97 Å². The summed E-state index contributed by atoms with van der Waals surface area (Å²) in [4.78, 5) is 8.51. The zero-order chi connectivity index (χ0) is 10.7. The second-order valence-corrected chi connectivity index (χ2v) is 3.84. The van der Waals surface area contributed by atoms with Crippen LogP contribution in [0.5, 0.6) is 5.75 Å². The minimum absolute atomic E-state index is 0.588. The molecular weight excluding hydrogens is 190 g/mol. The molecule has 0 atom stereocenters. The number of hydrogen-bond acceptors (Lipinski definition) is 4. The smallest absolute Gasteiger partial charge is 0.183 e. The highest BCUT2D eigenvalue weighted by atomic mass is 16.5. The Morgan fingerprint density at radius 1 is 1.47 bits per heavy atom. The van der Waals surface area contributed by atoms with Crippen LogP contribution < -0.4 is 10.1 Å². The third-order valence-corrected chi connectivity index (χ3v) is 2.54. The summed E-state index contributed by atoms with van der Waals surface area (Å²) in [6.45, 7) is 3.04. The van der Waals surface area contributed by atoms with Crippen LogP contribution in [-0.4, -0.2) is 23.6 Å². The van der Waals surface area contributed by atoms with Crippen molar-refractivity contribution in [1.29, 1.82) is 0 Å². The van der Waals surface area contributed by atoms with Gasteiger partial charge in [0, 0.05) is 12.5 Å². The number of ether oxygens (including phenoxy) is 1. The molecule has 2 rings (SSSR count). The minimum Gasteiger partial charge on any atom is -0.491 e. The van der Waals surface area contributed by atoms with Crippen molar-refractivity contribution in [2.45, 2.75) is 32.1 Å². The van der Waals surface area contributed by atoms with Gasteiger partial charge >= 0.3 is 0 Å². The molecule has 0 spiro atoms. The topological polar surface area (TPSA) is 47.0 Å². The third-order valence-electron chi connectivity index (χ3n) is 2.54. The van der Waals surface area contributed by atoms with Gasteiger partial charge in [-0.15, -0.1) is 0 Å². The molecule has 1 fully saturated rings. The summed E-state index contributed by atoms with van der Waals surface area (Å²) in [7, 11) is 1.68. The van der Waals surface area contributed by atoms with Gasteiger partial charge in [-0.1, -0.05) is 6.92 Å². The standard InChI is InChI=1S/C11H17N3O/c1-3-6-12-11-10(15-2)9(8-4-5-8)13-7-14-11/h7-8H,3-6H2,1-2H3,(H,12,13,14). The lowest BCUT2D eigenvalue weighted by atomic mass is 10.2. The summed E-state index contributed by atoms with van der Waals surface area (Å²) in [5, 5.41) is 3.26. The fraction of sp³-hybridized carbons (Fsp3) is 0.636. The molecule has 0 saturated heterocycles. The molecule has 0 aliphatic heterocycles. The Morgan fingerprint density at radius 3 is 2.87 bits per heavy atom. The van der Waals surface area contributed by atoms with Crippen molar-refractivity contribution >= 4 is 5.82 Å². The fourth-order valence-corrected chi connectivity index (χ4v) is 1.61. The Balaban J connectivity index is 2.23. The van der Waals surface area contributed by atoms with Gasteiger partial charge in [0.1, 0.15) is 6.33 Å². The van der Waals surface area contributed by atoms with Crippen molar-refractivity contribution in [2.24, 2.45) is 0 Å². The zero-order valence-corrected chi connectivity index (χ0v) is 9.29. The molecule has 1 aliphatic carbocycles. The molecule has 0 aromatic carbocycles. The Kier molecular flexibility index (Phi) is 3.04. The van der Waals surface area contributed by atoms with Gasteiger partial charge in [-0.05, 0) is 19.3 Å². The summed E-state index contributed by atoms with van der Waals surface area (Å²) in [6.07, 6.45) is 5.14. The normalized spacial score (nSPS) is 15.1. The van der Waals surface area contributed by atoms with Crippen molar-refractivity contribution in [3.8, 4) is 5.75 Å². The molecule has 0 bridgehead atoms. The maximum Gasteiger partial charge on any atom is 0.183 e. The van der Waals surface area contributed by atoms with Gasteiger partial charge in [-0.3, -0.25) is 0 Å². The van der Waals surface area contributed by atoms with Gasteiger partial charge in [-0.2, -0.15) is 0 Å². The number of anilines is 1. The Morgan fingerprint density at radius 2 is 2.27 bits per heavy atom. The van der Waals surface area contributed by atoms with Crippen LogP contribution >= 0.6 is 0 Å². The minimum atomic E-state index is 0.588. The Hall–Kier alpha value is -1.32. The molecule has 0 radical (unpaired) electrons. The van der Waals surface area contributed by atoms with Crippen molar-refractivity contribution in [3.05, 3.63) is 12.0 Å². The van der Waals surface area contributed by atoms with Crippen LogP contribution in [0.4, 0.5) is 5.82 Å². The molecular formula is C11H17N3O. The first-order valence-corrected chi connectivity index (χ1v) is 5.49. The largest absolute Gasteiger partial charge is 0.491 e. The molecule has 15 heavy (non-hydrogen) atoms. The van der Waals surface area contributed by atoms with Crippen LogP contribution in [0.2, 0.25) is 0 Å². The molecule has 4 heteroatoms. The molecule has 4 nitrogen and oxygen atoms in total. The van der Waals surface area contributed by atoms with Gasteiger partial charge in [0.25, 0.3) is 0 Å². The van der Waals surface area contributed by atoms with Crippen LogP contribution in [0.3, 0.4) is 0 Å². The maximum atomic E-state index is 5.39. The van der Waals surface area contributed by atoms with E-state index >= 15 is 0 Å². The summed E-state index contributed by atoms with van der Waals surface area (Å²) in [5.41, 5.74) is 1.06. The number of nitrogens with one attached hydrogen (secondary N) is 1. The van der Waals surface area contributed by atoms with E-state index in [2.05, 4.69) is 22.2 Å². The zero-order valence-electron chi connectivity index (χ0n) is 9.29. The van der Waals surface area contributed by atoms with E-state index in [-0.39, 0.29) is 0 Å². The van der Waals surface area contributed by atoms with Gasteiger partial charge in [0.05, 0.1) is 12.8 Å². The van der Waals surface area contributed by atoms with E-state index < -0.39 is 0 Å². The lowest BCUT2D eigenvalue weighted by molar-refractivity contribution is 0.406. The van der Waals surface area contributed by atoms with E-state index in [1.807, 2.05) is 0 Å². The number of nitrogens with zero attached hydrogens (tertiary/aromatic N) is 2. The van der Waals surface area contributed by atoms with Crippen molar-refractivity contribution in [3.63, 3.8) is 0 Å². The number of aromatic nitrogens is 2. The predicted molar refractivity (Wildman–Crippen MR) is 59.3 cm³/mol. The van der Waals surface area contributed by atoms with E-state index in [1.54, 1.807) is 13.4 Å². The molecule has 1 aromatic rings. The SMILES string of the molecule is CCCNc1ncnc(C2CC2)c1OC. The highest BCUT2D eigenvalue weighted by molar-refractivity contribution is 5.53. The molecule has 1 aliphatic rings. The summed E-state index contributed by atoms with van der Waals surface area (Å²) < 4.78 is 5.39. The Bertz CT molecular complexity index is 337. The quantitative estimate of drug-likeness (QED) is 0.804. The van der Waals surface area contributed by atoms with Crippen LogP contribution in [0.25, 0.3) is 0 Å². The lowest BCUT2D eigenvalue weighted by Gasteiger charge is -2.11. The fourth-order valence-electron chi connectivity index (χ4n) is 1.61. The first-order chi connectivity index (χ1) is 7.36. The first kappa shape index (κ1) is 10.2. The number of hydrogen-bond donors (Lipinski definition) is 1. The van der Waals surface area contributed by atoms with Gasteiger partial charge in [0.2, 0.25) is 0 Å². The molecule has 1 aromatic heterocycles. The lowest BCUT2D eigenvalue weighted by Crippen LogP contribution is -2.06. The van der Waals surface area contributed by atoms with Crippen LogP contribution in [0.1, 0.15) is 37.8 Å². The summed E-state index contributed by atoms with van der Waals surface area (Å²) in [6, 6.07) is 0. The second-order valence-electron chi connectivity index (χ2n) is 3.84.